The van der Waals surface area contributed by atoms with E-state index in [0.29, 0.717) is 6.42 Å². The van der Waals surface area contributed by atoms with E-state index >= 15 is 0 Å². The first-order valence-electron chi connectivity index (χ1n) is 6.34. The molecule has 0 atom stereocenters. The van der Waals surface area contributed by atoms with Crippen LogP contribution in [0.5, 0.6) is 0 Å². The van der Waals surface area contributed by atoms with E-state index < -0.39 is 17.5 Å². The molecule has 0 aliphatic rings. The molecule has 0 saturated carbocycles. The minimum atomic E-state index is -0.910. The summed E-state index contributed by atoms with van der Waals surface area (Å²) in [5.74, 6) is -1.95. The first-order valence-corrected chi connectivity index (χ1v) is 6.72. The molecule has 0 aromatic heterocycles. The van der Waals surface area contributed by atoms with Gasteiger partial charge in [-0.3, -0.25) is 9.59 Å². The van der Waals surface area contributed by atoms with Gasteiger partial charge in [0.1, 0.15) is 5.82 Å². The molecule has 21 heavy (non-hydrogen) atoms. The SMILES string of the molecule is NC(=O)C(=O)CCc1ccc(-c2ccc(F)c(Cl)c2)cc1. The highest BCUT2D eigenvalue weighted by molar-refractivity contribution is 6.35. The van der Waals surface area contributed by atoms with E-state index in [1.807, 2.05) is 24.3 Å². The number of amides is 1. The van der Waals surface area contributed by atoms with Crippen LogP contribution in [0.4, 0.5) is 4.39 Å². The molecule has 0 radical (unpaired) electrons. The van der Waals surface area contributed by atoms with Crippen LogP contribution >= 0.6 is 11.6 Å². The standard InChI is InChI=1S/C16H13ClFNO2/c17-13-9-12(6-7-14(13)18)11-4-1-10(2-5-11)3-8-15(20)16(19)21/h1-2,4-7,9H,3,8H2,(H2,19,21). The number of hydrogen-bond donors (Lipinski definition) is 1. The Bertz CT molecular complexity index is 683. The molecule has 2 rings (SSSR count). The van der Waals surface area contributed by atoms with Gasteiger partial charge in [0.25, 0.3) is 5.91 Å². The zero-order chi connectivity index (χ0) is 15.4. The van der Waals surface area contributed by atoms with Crippen molar-refractivity contribution in [2.45, 2.75) is 12.8 Å². The van der Waals surface area contributed by atoms with Crippen molar-refractivity contribution < 1.29 is 14.0 Å². The molecule has 108 valence electrons. The molecular weight excluding hydrogens is 293 g/mol. The quantitative estimate of drug-likeness (QED) is 0.863. The fourth-order valence-electron chi connectivity index (χ4n) is 1.92. The number of hydrogen-bond acceptors (Lipinski definition) is 2. The number of primary amides is 1. The summed E-state index contributed by atoms with van der Waals surface area (Å²) in [7, 11) is 0. The van der Waals surface area contributed by atoms with E-state index in [0.717, 1.165) is 16.7 Å². The number of benzene rings is 2. The van der Waals surface area contributed by atoms with Crippen LogP contribution < -0.4 is 5.73 Å². The van der Waals surface area contributed by atoms with Crippen molar-refractivity contribution in [2.24, 2.45) is 5.73 Å². The Morgan fingerprint density at radius 1 is 1.05 bits per heavy atom. The highest BCUT2D eigenvalue weighted by atomic mass is 35.5. The van der Waals surface area contributed by atoms with Gasteiger partial charge in [-0.15, -0.1) is 0 Å². The van der Waals surface area contributed by atoms with E-state index in [1.54, 1.807) is 12.1 Å². The lowest BCUT2D eigenvalue weighted by molar-refractivity contribution is -0.135. The van der Waals surface area contributed by atoms with Crippen LogP contribution in [0.2, 0.25) is 5.02 Å². The molecule has 2 aromatic carbocycles. The molecule has 0 unspecified atom stereocenters. The van der Waals surface area contributed by atoms with E-state index in [-0.39, 0.29) is 11.4 Å². The van der Waals surface area contributed by atoms with Crippen LogP contribution in [-0.2, 0) is 16.0 Å². The fourth-order valence-corrected chi connectivity index (χ4v) is 2.10. The van der Waals surface area contributed by atoms with Crippen LogP contribution in [0.3, 0.4) is 0 Å². The van der Waals surface area contributed by atoms with Crippen molar-refractivity contribution in [3.63, 3.8) is 0 Å². The zero-order valence-corrected chi connectivity index (χ0v) is 11.9. The van der Waals surface area contributed by atoms with E-state index in [2.05, 4.69) is 0 Å². The van der Waals surface area contributed by atoms with Gasteiger partial charge in [0.05, 0.1) is 5.02 Å². The van der Waals surface area contributed by atoms with E-state index in [9.17, 15) is 14.0 Å². The molecule has 0 fully saturated rings. The first-order chi connectivity index (χ1) is 9.97. The minimum Gasteiger partial charge on any atom is -0.363 e. The van der Waals surface area contributed by atoms with Crippen LogP contribution in [0, 0.1) is 5.82 Å². The average molecular weight is 306 g/mol. The predicted molar refractivity (Wildman–Crippen MR) is 79.4 cm³/mol. The van der Waals surface area contributed by atoms with Gasteiger partial charge in [-0.2, -0.15) is 0 Å². The van der Waals surface area contributed by atoms with Gasteiger partial charge in [-0.1, -0.05) is 41.9 Å². The van der Waals surface area contributed by atoms with Gasteiger partial charge in [0.15, 0.2) is 0 Å². The average Bonchev–Trinajstić information content (AvgIpc) is 2.48. The molecule has 0 aliphatic carbocycles. The van der Waals surface area contributed by atoms with Crippen LogP contribution in [0.1, 0.15) is 12.0 Å². The Balaban J connectivity index is 2.09. The lowest BCUT2D eigenvalue weighted by Gasteiger charge is -2.05. The van der Waals surface area contributed by atoms with Gasteiger partial charge in [-0.05, 0) is 35.2 Å². The van der Waals surface area contributed by atoms with Gasteiger partial charge in [0.2, 0.25) is 5.78 Å². The highest BCUT2D eigenvalue weighted by Crippen LogP contribution is 2.25. The maximum atomic E-state index is 13.1. The van der Waals surface area contributed by atoms with Crippen molar-refractivity contribution >= 4 is 23.3 Å². The van der Waals surface area contributed by atoms with Gasteiger partial charge >= 0.3 is 0 Å². The number of ketones is 1. The third kappa shape index (κ3) is 3.89. The van der Waals surface area contributed by atoms with Gasteiger partial charge < -0.3 is 5.73 Å². The summed E-state index contributed by atoms with van der Waals surface area (Å²) in [5.41, 5.74) is 7.51. The highest BCUT2D eigenvalue weighted by Gasteiger charge is 2.09. The molecule has 0 aliphatic heterocycles. The molecule has 0 heterocycles. The van der Waals surface area contributed by atoms with Crippen molar-refractivity contribution in [3.8, 4) is 11.1 Å². The molecule has 2 N–H and O–H groups in total. The summed E-state index contributed by atoms with van der Waals surface area (Å²) in [6, 6.07) is 11.9. The van der Waals surface area contributed by atoms with Crippen LogP contribution in [-0.4, -0.2) is 11.7 Å². The summed E-state index contributed by atoms with van der Waals surface area (Å²) >= 11 is 5.75. The van der Waals surface area contributed by atoms with Crippen molar-refractivity contribution in [1.29, 1.82) is 0 Å². The summed E-state index contributed by atoms with van der Waals surface area (Å²) < 4.78 is 13.1. The second-order valence-corrected chi connectivity index (χ2v) is 5.02. The third-order valence-corrected chi connectivity index (χ3v) is 3.41. The van der Waals surface area contributed by atoms with E-state index in [1.165, 1.54) is 6.07 Å². The fraction of sp³-hybridized carbons (Fsp3) is 0.125. The minimum absolute atomic E-state index is 0.0728. The molecule has 3 nitrogen and oxygen atoms in total. The molecule has 0 bridgehead atoms. The topological polar surface area (TPSA) is 60.2 Å². The number of halogens is 2. The van der Waals surface area contributed by atoms with Crippen molar-refractivity contribution in [3.05, 3.63) is 58.9 Å². The number of carbonyl (C=O) groups excluding carboxylic acids is 2. The number of rotatable bonds is 5. The number of carbonyl (C=O) groups is 2. The zero-order valence-electron chi connectivity index (χ0n) is 11.1. The summed E-state index contributed by atoms with van der Waals surface area (Å²) in [6.07, 6.45) is 0.545. The Kier molecular flexibility index (Phi) is 4.70. The van der Waals surface area contributed by atoms with Crippen molar-refractivity contribution in [1.82, 2.24) is 0 Å². The largest absolute Gasteiger partial charge is 0.363 e. The van der Waals surface area contributed by atoms with Gasteiger partial charge in [0, 0.05) is 6.42 Å². The normalized spacial score (nSPS) is 10.4. The van der Waals surface area contributed by atoms with Crippen LogP contribution in [0.25, 0.3) is 11.1 Å². The summed E-state index contributed by atoms with van der Waals surface area (Å²) in [5, 5.41) is 0.0728. The Morgan fingerprint density at radius 3 is 2.24 bits per heavy atom. The summed E-state index contributed by atoms with van der Waals surface area (Å²) in [6.45, 7) is 0. The first kappa shape index (κ1) is 15.2. The number of nitrogens with two attached hydrogens (primary N) is 1. The lowest BCUT2D eigenvalue weighted by atomic mass is 10.0. The summed E-state index contributed by atoms with van der Waals surface area (Å²) in [4.78, 5) is 21.8. The second kappa shape index (κ2) is 6.50. The predicted octanol–water partition coefficient (Wildman–Crippen LogP) is 3.13. The number of Topliss-reactive ketones (excluding diaryl/α,β-unsaturated/α-hetero) is 1. The van der Waals surface area contributed by atoms with Crippen LogP contribution in [0.15, 0.2) is 42.5 Å². The molecule has 0 spiro atoms. The number of aryl methyl sites for hydroxylation is 1. The molecule has 0 saturated heterocycles. The monoisotopic (exact) mass is 305 g/mol. The molecular formula is C16H13ClFNO2. The molecule has 5 heteroatoms. The Morgan fingerprint density at radius 2 is 1.67 bits per heavy atom. The molecule has 1 amide bonds. The maximum Gasteiger partial charge on any atom is 0.284 e. The Labute approximate surface area is 126 Å². The molecule has 2 aromatic rings. The smallest absolute Gasteiger partial charge is 0.284 e. The maximum absolute atomic E-state index is 13.1. The van der Waals surface area contributed by atoms with Crippen molar-refractivity contribution in [2.75, 3.05) is 0 Å². The van der Waals surface area contributed by atoms with Gasteiger partial charge in [-0.25, -0.2) is 4.39 Å². The Hall–Kier alpha value is -2.20. The third-order valence-electron chi connectivity index (χ3n) is 3.12. The second-order valence-electron chi connectivity index (χ2n) is 4.61. The van der Waals surface area contributed by atoms with E-state index in [4.69, 9.17) is 17.3 Å². The lowest BCUT2D eigenvalue weighted by Crippen LogP contribution is -2.23.